The van der Waals surface area contributed by atoms with Gasteiger partial charge in [0.2, 0.25) is 5.13 Å². The van der Waals surface area contributed by atoms with Crippen LogP contribution in [0.15, 0.2) is 34.7 Å². The van der Waals surface area contributed by atoms with Gasteiger partial charge in [-0.3, -0.25) is 15.1 Å². The van der Waals surface area contributed by atoms with Gasteiger partial charge in [-0.25, -0.2) is 4.98 Å². The van der Waals surface area contributed by atoms with Gasteiger partial charge in [-0.05, 0) is 31.2 Å². The second kappa shape index (κ2) is 10.3. The molecule has 0 unspecified atom stereocenters. The number of thiazole rings is 1. The predicted molar refractivity (Wildman–Crippen MR) is 113 cm³/mol. The first-order chi connectivity index (χ1) is 13.6. The number of anilines is 1. The highest BCUT2D eigenvalue weighted by Gasteiger charge is 2.13. The van der Waals surface area contributed by atoms with Gasteiger partial charge in [0.25, 0.3) is 0 Å². The average molecular weight is 402 g/mol. The van der Waals surface area contributed by atoms with E-state index in [4.69, 9.17) is 4.74 Å². The van der Waals surface area contributed by atoms with Gasteiger partial charge in [0.05, 0.1) is 24.9 Å². The van der Waals surface area contributed by atoms with Crippen molar-refractivity contribution in [2.24, 2.45) is 5.10 Å². The van der Waals surface area contributed by atoms with E-state index in [1.165, 1.54) is 16.9 Å². The fourth-order valence-electron chi connectivity index (χ4n) is 3.00. The van der Waals surface area contributed by atoms with Crippen LogP contribution in [0.5, 0.6) is 0 Å². The van der Waals surface area contributed by atoms with Crippen molar-refractivity contribution in [3.05, 3.63) is 46.5 Å². The topological polar surface area (TPSA) is 70.1 Å². The molecule has 0 spiro atoms. The molecule has 1 aromatic heterocycles. The van der Waals surface area contributed by atoms with Crippen LogP contribution in [0.25, 0.3) is 0 Å². The minimum absolute atomic E-state index is 0.185. The normalized spacial score (nSPS) is 15.8. The third-order valence-electron chi connectivity index (χ3n) is 4.51. The number of benzene rings is 1. The molecular weight excluding hydrogens is 374 g/mol. The number of hydrogen-bond acceptors (Lipinski definition) is 8. The lowest BCUT2D eigenvalue weighted by atomic mass is 10.1. The van der Waals surface area contributed by atoms with Gasteiger partial charge in [0.1, 0.15) is 0 Å². The smallest absolute Gasteiger partial charge is 0.311 e. The van der Waals surface area contributed by atoms with Crippen LogP contribution < -0.4 is 5.43 Å². The molecule has 0 aliphatic carbocycles. The molecule has 28 heavy (non-hydrogen) atoms. The van der Waals surface area contributed by atoms with Crippen LogP contribution in [0.1, 0.15) is 23.7 Å². The molecule has 2 aromatic rings. The highest BCUT2D eigenvalue weighted by molar-refractivity contribution is 7.13. The van der Waals surface area contributed by atoms with Crippen LogP contribution >= 0.6 is 11.3 Å². The number of hydrazone groups is 1. The van der Waals surface area contributed by atoms with Gasteiger partial charge >= 0.3 is 5.97 Å². The van der Waals surface area contributed by atoms with Gasteiger partial charge in [-0.15, -0.1) is 11.3 Å². The van der Waals surface area contributed by atoms with E-state index >= 15 is 0 Å². The van der Waals surface area contributed by atoms with E-state index in [2.05, 4.69) is 50.6 Å². The second-order valence-electron chi connectivity index (χ2n) is 6.82. The Balaban J connectivity index is 1.50. The Labute approximate surface area is 170 Å². The summed E-state index contributed by atoms with van der Waals surface area (Å²) in [5.74, 6) is -0.264. The van der Waals surface area contributed by atoms with E-state index in [0.29, 0.717) is 17.4 Å². The molecule has 2 heterocycles. The number of aromatic nitrogens is 1. The van der Waals surface area contributed by atoms with Crippen molar-refractivity contribution in [3.63, 3.8) is 0 Å². The Morgan fingerprint density at radius 1 is 1.36 bits per heavy atom. The van der Waals surface area contributed by atoms with E-state index in [9.17, 15) is 4.79 Å². The third kappa shape index (κ3) is 6.40. The van der Waals surface area contributed by atoms with Crippen LogP contribution in [0.2, 0.25) is 0 Å². The van der Waals surface area contributed by atoms with Crippen molar-refractivity contribution in [2.45, 2.75) is 19.9 Å². The maximum absolute atomic E-state index is 11.5. The van der Waals surface area contributed by atoms with Crippen molar-refractivity contribution in [2.75, 3.05) is 45.3 Å². The van der Waals surface area contributed by atoms with E-state index in [0.717, 1.165) is 38.3 Å². The number of likely N-dealkylation sites (N-methyl/N-ethyl adjacent to an activating group) is 1. The average Bonchev–Trinajstić information content (AvgIpc) is 3.11. The SMILES string of the molecule is CCOC(=O)Cc1csc(NN=Cc2cccc(CN3CCN(C)CC3)c2)n1. The zero-order valence-electron chi connectivity index (χ0n) is 16.4. The molecule has 8 heteroatoms. The monoisotopic (exact) mass is 401 g/mol. The van der Waals surface area contributed by atoms with Crippen molar-refractivity contribution >= 4 is 28.7 Å². The molecule has 1 saturated heterocycles. The summed E-state index contributed by atoms with van der Waals surface area (Å²) in [7, 11) is 2.17. The maximum atomic E-state index is 11.5. The number of hydrogen-bond donors (Lipinski definition) is 1. The number of esters is 1. The summed E-state index contributed by atoms with van der Waals surface area (Å²) in [5, 5.41) is 6.77. The largest absolute Gasteiger partial charge is 0.466 e. The molecule has 1 aromatic carbocycles. The van der Waals surface area contributed by atoms with Gasteiger partial charge < -0.3 is 9.64 Å². The number of piperazine rings is 1. The first-order valence-electron chi connectivity index (χ1n) is 9.51. The Morgan fingerprint density at radius 2 is 2.18 bits per heavy atom. The zero-order valence-corrected chi connectivity index (χ0v) is 17.2. The number of nitrogens with zero attached hydrogens (tertiary/aromatic N) is 4. The summed E-state index contributed by atoms with van der Waals surface area (Å²) in [6.45, 7) is 7.59. The molecule has 0 radical (unpaired) electrons. The number of carbonyl (C=O) groups excluding carboxylic acids is 1. The minimum atomic E-state index is -0.264. The fraction of sp³-hybridized carbons (Fsp3) is 0.450. The summed E-state index contributed by atoms with van der Waals surface area (Å²) in [4.78, 5) is 20.7. The van der Waals surface area contributed by atoms with Crippen molar-refractivity contribution < 1.29 is 9.53 Å². The number of ether oxygens (including phenoxy) is 1. The molecule has 1 aliphatic heterocycles. The third-order valence-corrected chi connectivity index (χ3v) is 5.31. The van der Waals surface area contributed by atoms with Gasteiger partial charge in [-0.2, -0.15) is 5.10 Å². The zero-order chi connectivity index (χ0) is 19.8. The molecule has 3 rings (SSSR count). The van der Waals surface area contributed by atoms with E-state index in [1.807, 2.05) is 11.4 Å². The Bertz CT molecular complexity index is 799. The lowest BCUT2D eigenvalue weighted by Gasteiger charge is -2.32. The maximum Gasteiger partial charge on any atom is 0.311 e. The van der Waals surface area contributed by atoms with Gasteiger partial charge in [-0.1, -0.05) is 18.2 Å². The lowest BCUT2D eigenvalue weighted by Crippen LogP contribution is -2.43. The van der Waals surface area contributed by atoms with Crippen molar-refractivity contribution in [3.8, 4) is 0 Å². The predicted octanol–water partition coefficient (Wildman–Crippen LogP) is 2.44. The number of rotatable bonds is 8. The van der Waals surface area contributed by atoms with Crippen molar-refractivity contribution in [1.82, 2.24) is 14.8 Å². The molecule has 0 saturated carbocycles. The highest BCUT2D eigenvalue weighted by Crippen LogP contribution is 2.16. The Hall–Kier alpha value is -2.29. The number of nitrogens with one attached hydrogen (secondary N) is 1. The lowest BCUT2D eigenvalue weighted by molar-refractivity contribution is -0.142. The van der Waals surface area contributed by atoms with Gasteiger partial charge in [0, 0.05) is 38.1 Å². The first kappa shape index (κ1) is 20.4. The molecule has 7 nitrogen and oxygen atoms in total. The number of carbonyl (C=O) groups is 1. The first-order valence-corrected chi connectivity index (χ1v) is 10.4. The van der Waals surface area contributed by atoms with Crippen LogP contribution in [0, 0.1) is 0 Å². The quantitative estimate of drug-likeness (QED) is 0.416. The second-order valence-corrected chi connectivity index (χ2v) is 7.68. The molecule has 1 aliphatic rings. The summed E-state index contributed by atoms with van der Waals surface area (Å²) >= 11 is 1.42. The Morgan fingerprint density at radius 3 is 2.96 bits per heavy atom. The summed E-state index contributed by atoms with van der Waals surface area (Å²) in [5.41, 5.74) is 5.96. The minimum Gasteiger partial charge on any atom is -0.466 e. The van der Waals surface area contributed by atoms with E-state index < -0.39 is 0 Å². The molecule has 1 N–H and O–H groups in total. The van der Waals surface area contributed by atoms with Crippen LogP contribution in [0.4, 0.5) is 5.13 Å². The molecule has 0 atom stereocenters. The molecule has 0 bridgehead atoms. The standard InChI is InChI=1S/C20H27N5O2S/c1-3-27-19(26)12-18-15-28-20(22-18)23-21-13-16-5-4-6-17(11-16)14-25-9-7-24(2)8-10-25/h4-6,11,13,15H,3,7-10,12,14H2,1-2H3,(H,22,23). The van der Waals surface area contributed by atoms with Crippen molar-refractivity contribution in [1.29, 1.82) is 0 Å². The molecular formula is C20H27N5O2S. The Kier molecular flexibility index (Phi) is 7.53. The molecule has 0 amide bonds. The summed E-state index contributed by atoms with van der Waals surface area (Å²) in [6.07, 6.45) is 1.98. The summed E-state index contributed by atoms with van der Waals surface area (Å²) in [6, 6.07) is 8.42. The molecule has 150 valence electrons. The van der Waals surface area contributed by atoms with Gasteiger partial charge in [0.15, 0.2) is 0 Å². The highest BCUT2D eigenvalue weighted by atomic mass is 32.1. The van der Waals surface area contributed by atoms with Crippen LogP contribution in [-0.2, 0) is 22.5 Å². The molecule has 1 fully saturated rings. The van der Waals surface area contributed by atoms with Crippen LogP contribution in [-0.4, -0.2) is 66.8 Å². The van der Waals surface area contributed by atoms with Crippen LogP contribution in [0.3, 0.4) is 0 Å². The fourth-order valence-corrected chi connectivity index (χ4v) is 3.66. The van der Waals surface area contributed by atoms with E-state index in [-0.39, 0.29) is 12.4 Å². The summed E-state index contributed by atoms with van der Waals surface area (Å²) < 4.78 is 4.93. The van der Waals surface area contributed by atoms with E-state index in [1.54, 1.807) is 13.1 Å².